The number of pyridine rings is 1. The molecular weight excluding hydrogens is 501 g/mol. The van der Waals surface area contributed by atoms with Crippen molar-refractivity contribution in [1.82, 2.24) is 18.6 Å². The maximum absolute atomic E-state index is 15.3. The Hall–Kier alpha value is -4.47. The smallest absolute Gasteiger partial charge is 0.337 e. The van der Waals surface area contributed by atoms with Gasteiger partial charge in [0.1, 0.15) is 16.9 Å². The predicted octanol–water partition coefficient (Wildman–Crippen LogP) is 3.53. The molecule has 1 N–H and O–H groups in total. The Morgan fingerprint density at radius 3 is 2.38 bits per heavy atom. The van der Waals surface area contributed by atoms with Crippen molar-refractivity contribution in [2.75, 3.05) is 18.4 Å². The van der Waals surface area contributed by atoms with E-state index in [1.54, 1.807) is 49.1 Å². The second-order valence-electron chi connectivity index (χ2n) is 10.4. The molecule has 1 saturated heterocycles. The summed E-state index contributed by atoms with van der Waals surface area (Å²) in [6.07, 6.45) is 2.29. The number of aryl methyl sites for hydroxylation is 2. The molecule has 2 fully saturated rings. The van der Waals surface area contributed by atoms with Crippen molar-refractivity contribution >= 4 is 28.3 Å². The van der Waals surface area contributed by atoms with Gasteiger partial charge in [0, 0.05) is 43.0 Å². The van der Waals surface area contributed by atoms with Crippen LogP contribution in [0.1, 0.15) is 46.8 Å². The summed E-state index contributed by atoms with van der Waals surface area (Å²) in [5, 5.41) is 3.29. The van der Waals surface area contributed by atoms with E-state index in [1.165, 1.54) is 28.3 Å². The summed E-state index contributed by atoms with van der Waals surface area (Å²) >= 11 is 0. The number of carbonyl (C=O) groups is 1. The van der Waals surface area contributed by atoms with Gasteiger partial charge in [-0.3, -0.25) is 23.5 Å². The lowest BCUT2D eigenvalue weighted by Gasteiger charge is -2.31. The van der Waals surface area contributed by atoms with Crippen LogP contribution in [0, 0.1) is 19.7 Å². The van der Waals surface area contributed by atoms with Crippen LogP contribution < -0.4 is 22.1 Å². The Bertz CT molecular complexity index is 1860. The van der Waals surface area contributed by atoms with Crippen LogP contribution in [0.2, 0.25) is 0 Å². The van der Waals surface area contributed by atoms with E-state index in [1.807, 2.05) is 0 Å². The van der Waals surface area contributed by atoms with Gasteiger partial charge in [0.25, 0.3) is 17.0 Å². The van der Waals surface area contributed by atoms with E-state index in [-0.39, 0.29) is 39.9 Å². The van der Waals surface area contributed by atoms with Crippen molar-refractivity contribution in [3.8, 4) is 5.69 Å². The van der Waals surface area contributed by atoms with Gasteiger partial charge < -0.3 is 10.2 Å². The Morgan fingerprint density at radius 1 is 1.00 bits per heavy atom. The molecule has 1 aliphatic heterocycles. The standard InChI is InChI=1S/C29H28FN5O4/c1-16-8-11-22(21(30)14-16)35-25-23(28(38)34(29(35)39)20-9-10-20)24(17(2)26(36)32(25)3)31-19-7-4-6-18(15-19)27(37)33-12-5-13-33/h4,6-8,11,14-15,20,31H,5,9-10,12-13H2,1-3H3. The van der Waals surface area contributed by atoms with E-state index in [0.29, 0.717) is 42.7 Å². The topological polar surface area (TPSA) is 98.3 Å². The average Bonchev–Trinajstić information content (AvgIpc) is 3.70. The normalized spacial score (nSPS) is 14.9. The van der Waals surface area contributed by atoms with Crippen molar-refractivity contribution in [2.24, 2.45) is 7.05 Å². The van der Waals surface area contributed by atoms with Crippen LogP contribution in [0.5, 0.6) is 0 Å². The van der Waals surface area contributed by atoms with Crippen molar-refractivity contribution in [3.63, 3.8) is 0 Å². The van der Waals surface area contributed by atoms with E-state index in [0.717, 1.165) is 11.0 Å². The van der Waals surface area contributed by atoms with Crippen molar-refractivity contribution in [2.45, 2.75) is 39.2 Å². The summed E-state index contributed by atoms with van der Waals surface area (Å²) < 4.78 is 18.8. The molecule has 9 nitrogen and oxygen atoms in total. The average molecular weight is 530 g/mol. The Balaban J connectivity index is 1.64. The maximum atomic E-state index is 15.3. The molecule has 2 aromatic carbocycles. The number of fused-ring (bicyclic) bond motifs is 1. The molecule has 6 rings (SSSR count). The number of nitrogens with zero attached hydrogens (tertiary/aromatic N) is 4. The molecule has 39 heavy (non-hydrogen) atoms. The number of amides is 1. The molecule has 0 unspecified atom stereocenters. The third-order valence-electron chi connectivity index (χ3n) is 7.61. The van der Waals surface area contributed by atoms with Crippen LogP contribution >= 0.6 is 0 Å². The molecule has 0 bridgehead atoms. The van der Waals surface area contributed by atoms with E-state index in [9.17, 15) is 19.2 Å². The SMILES string of the molecule is Cc1ccc(-n2c(=O)n(C3CC3)c(=O)c3c(Nc4cccc(C(=O)N5CCC5)c4)c(C)c(=O)n(C)c32)c(F)c1. The minimum atomic E-state index is -0.690. The van der Waals surface area contributed by atoms with Gasteiger partial charge in [-0.25, -0.2) is 13.8 Å². The van der Waals surface area contributed by atoms with Gasteiger partial charge in [-0.15, -0.1) is 0 Å². The number of nitrogens with one attached hydrogen (secondary N) is 1. The molecular formula is C29H28FN5O4. The summed E-state index contributed by atoms with van der Waals surface area (Å²) in [7, 11) is 1.47. The molecule has 1 amide bonds. The van der Waals surface area contributed by atoms with Crippen molar-refractivity contribution in [3.05, 3.63) is 96.2 Å². The van der Waals surface area contributed by atoms with E-state index in [4.69, 9.17) is 0 Å². The molecule has 200 valence electrons. The molecule has 10 heteroatoms. The monoisotopic (exact) mass is 529 g/mol. The number of carbonyl (C=O) groups excluding carboxylic acids is 1. The maximum Gasteiger partial charge on any atom is 0.337 e. The highest BCUT2D eigenvalue weighted by molar-refractivity contribution is 5.97. The van der Waals surface area contributed by atoms with Gasteiger partial charge in [-0.05, 0) is 69.0 Å². The summed E-state index contributed by atoms with van der Waals surface area (Å²) in [6.45, 7) is 4.76. The van der Waals surface area contributed by atoms with Gasteiger partial charge in [0.2, 0.25) is 0 Å². The molecule has 2 aromatic heterocycles. The fraction of sp³-hybridized carbons (Fsp3) is 0.310. The molecule has 4 aromatic rings. The lowest BCUT2D eigenvalue weighted by molar-refractivity contribution is 0.0652. The lowest BCUT2D eigenvalue weighted by Crippen LogP contribution is -2.42. The fourth-order valence-corrected chi connectivity index (χ4v) is 5.19. The van der Waals surface area contributed by atoms with Gasteiger partial charge in [-0.2, -0.15) is 0 Å². The first-order valence-electron chi connectivity index (χ1n) is 13.0. The number of rotatable bonds is 5. The number of anilines is 2. The number of halogens is 1. The van der Waals surface area contributed by atoms with Crippen molar-refractivity contribution in [1.29, 1.82) is 0 Å². The van der Waals surface area contributed by atoms with Crippen LogP contribution in [-0.4, -0.2) is 37.6 Å². The second-order valence-corrected chi connectivity index (χ2v) is 10.4. The number of hydrogen-bond acceptors (Lipinski definition) is 5. The van der Waals surface area contributed by atoms with Crippen LogP contribution in [0.25, 0.3) is 16.7 Å². The Morgan fingerprint density at radius 2 is 1.74 bits per heavy atom. The molecule has 0 spiro atoms. The van der Waals surface area contributed by atoms with Crippen LogP contribution in [0.15, 0.2) is 56.8 Å². The molecule has 0 atom stereocenters. The molecule has 2 aliphatic rings. The molecule has 1 aliphatic carbocycles. The van der Waals surface area contributed by atoms with E-state index < -0.39 is 22.6 Å². The highest BCUT2D eigenvalue weighted by atomic mass is 19.1. The molecule has 1 saturated carbocycles. The summed E-state index contributed by atoms with van der Waals surface area (Å²) in [5.74, 6) is -0.727. The van der Waals surface area contributed by atoms with Crippen LogP contribution in [-0.2, 0) is 7.05 Å². The number of aromatic nitrogens is 3. The highest BCUT2D eigenvalue weighted by Crippen LogP contribution is 2.34. The first kappa shape index (κ1) is 24.8. The predicted molar refractivity (Wildman–Crippen MR) is 147 cm³/mol. The minimum Gasteiger partial charge on any atom is -0.354 e. The molecule has 3 heterocycles. The lowest BCUT2D eigenvalue weighted by atomic mass is 10.1. The molecule has 0 radical (unpaired) electrons. The Labute approximate surface area is 222 Å². The first-order chi connectivity index (χ1) is 18.7. The number of likely N-dealkylation sites (tertiary alicyclic amines) is 1. The van der Waals surface area contributed by atoms with Gasteiger partial charge in [0.05, 0.1) is 11.4 Å². The summed E-state index contributed by atoms with van der Waals surface area (Å²) in [5.41, 5.74) is 0.425. The zero-order valence-electron chi connectivity index (χ0n) is 22.0. The van der Waals surface area contributed by atoms with Gasteiger partial charge in [-0.1, -0.05) is 12.1 Å². The third-order valence-corrected chi connectivity index (χ3v) is 7.61. The zero-order valence-corrected chi connectivity index (χ0v) is 22.0. The van der Waals surface area contributed by atoms with E-state index >= 15 is 4.39 Å². The quantitative estimate of drug-likeness (QED) is 0.427. The zero-order chi connectivity index (χ0) is 27.6. The van der Waals surface area contributed by atoms with Gasteiger partial charge >= 0.3 is 5.69 Å². The second kappa shape index (κ2) is 9.07. The van der Waals surface area contributed by atoms with Crippen LogP contribution in [0.4, 0.5) is 15.8 Å². The van der Waals surface area contributed by atoms with Crippen molar-refractivity contribution < 1.29 is 9.18 Å². The van der Waals surface area contributed by atoms with Crippen LogP contribution in [0.3, 0.4) is 0 Å². The third kappa shape index (κ3) is 3.98. The Kier molecular flexibility index (Phi) is 5.78. The number of benzene rings is 2. The van der Waals surface area contributed by atoms with Gasteiger partial charge in [0.15, 0.2) is 0 Å². The largest absolute Gasteiger partial charge is 0.354 e. The summed E-state index contributed by atoms with van der Waals surface area (Å²) in [6, 6.07) is 11.0. The fourth-order valence-electron chi connectivity index (χ4n) is 5.19. The highest BCUT2D eigenvalue weighted by Gasteiger charge is 2.32. The first-order valence-corrected chi connectivity index (χ1v) is 13.0. The minimum absolute atomic E-state index is 0.00411. The summed E-state index contributed by atoms with van der Waals surface area (Å²) in [4.78, 5) is 55.6. The number of hydrogen-bond donors (Lipinski definition) is 1. The van der Waals surface area contributed by atoms with E-state index in [2.05, 4.69) is 5.32 Å².